The smallest absolute Gasteiger partial charge is 0.246 e. The molecule has 1 aromatic carbocycles. The summed E-state index contributed by atoms with van der Waals surface area (Å²) < 4.78 is 1.24. The molecule has 154 valence electrons. The van der Waals surface area contributed by atoms with E-state index in [1.807, 2.05) is 25.2 Å². The number of hydrogen-bond acceptors (Lipinski definition) is 5. The fourth-order valence-electron chi connectivity index (χ4n) is 3.45. The maximum absolute atomic E-state index is 12.6. The highest BCUT2D eigenvalue weighted by Crippen LogP contribution is 2.31. The highest BCUT2D eigenvalue weighted by molar-refractivity contribution is 7.19. The summed E-state index contributed by atoms with van der Waals surface area (Å²) in [6.45, 7) is 3.67. The molecule has 0 saturated carbocycles. The number of pyridine rings is 1. The molecule has 2 amide bonds. The molecule has 0 radical (unpaired) electrons. The lowest BCUT2D eigenvalue weighted by molar-refractivity contribution is -0.125. The molecule has 0 saturated heterocycles. The van der Waals surface area contributed by atoms with Crippen LogP contribution in [0, 0.1) is 6.92 Å². The van der Waals surface area contributed by atoms with E-state index in [4.69, 9.17) is 0 Å². The van der Waals surface area contributed by atoms with Crippen LogP contribution in [0.1, 0.15) is 28.0 Å². The van der Waals surface area contributed by atoms with Gasteiger partial charge in [-0.3, -0.25) is 9.59 Å². The first-order valence-electron chi connectivity index (χ1n) is 9.91. The van der Waals surface area contributed by atoms with Gasteiger partial charge in [0, 0.05) is 54.0 Å². The summed E-state index contributed by atoms with van der Waals surface area (Å²) in [5.41, 5.74) is 2.97. The van der Waals surface area contributed by atoms with Crippen molar-refractivity contribution in [2.45, 2.75) is 26.4 Å². The monoisotopic (exact) mass is 420 g/mol. The van der Waals surface area contributed by atoms with E-state index in [0.29, 0.717) is 26.1 Å². The lowest BCUT2D eigenvalue weighted by Crippen LogP contribution is -2.28. The van der Waals surface area contributed by atoms with Gasteiger partial charge in [-0.25, -0.2) is 4.98 Å². The Morgan fingerprint density at radius 1 is 1.30 bits per heavy atom. The Kier molecular flexibility index (Phi) is 5.81. The molecule has 4 rings (SSSR count). The van der Waals surface area contributed by atoms with Crippen molar-refractivity contribution in [2.75, 3.05) is 18.9 Å². The van der Waals surface area contributed by atoms with E-state index in [2.05, 4.69) is 34.7 Å². The summed E-state index contributed by atoms with van der Waals surface area (Å²) in [5, 5.41) is 7.31. The molecule has 0 spiro atoms. The van der Waals surface area contributed by atoms with Crippen molar-refractivity contribution in [1.82, 2.24) is 15.2 Å². The molecule has 0 atom stereocenters. The number of aromatic nitrogens is 1. The second-order valence-electron chi connectivity index (χ2n) is 7.40. The van der Waals surface area contributed by atoms with Gasteiger partial charge in [0.15, 0.2) is 0 Å². The number of rotatable bonds is 4. The maximum Gasteiger partial charge on any atom is 0.246 e. The Labute approximate surface area is 179 Å². The predicted octanol–water partition coefficient (Wildman–Crippen LogP) is 3.71. The van der Waals surface area contributed by atoms with Gasteiger partial charge < -0.3 is 15.5 Å². The van der Waals surface area contributed by atoms with Crippen LogP contribution >= 0.6 is 11.3 Å². The zero-order valence-corrected chi connectivity index (χ0v) is 17.9. The molecule has 6 nitrogen and oxygen atoms in total. The van der Waals surface area contributed by atoms with Crippen LogP contribution in [0.4, 0.5) is 5.82 Å². The van der Waals surface area contributed by atoms with Crippen molar-refractivity contribution in [1.29, 1.82) is 0 Å². The standard InChI is InChI=1S/C23H24N4O2S/c1-15-18-5-3-4-6-19(18)30-20(15)14-27(2)22(29)8-7-16-11-17-13-25-21(28)9-10-24-23(17)26-12-16/h3-8,11-12H,9-10,13-14H2,1-2H3,(H,24,26)(H,25,28). The molecule has 1 aliphatic rings. The number of hydrogen-bond donors (Lipinski definition) is 2. The van der Waals surface area contributed by atoms with E-state index in [-0.39, 0.29) is 11.8 Å². The molecule has 2 aromatic heterocycles. The zero-order chi connectivity index (χ0) is 21.1. The van der Waals surface area contributed by atoms with E-state index < -0.39 is 0 Å². The summed E-state index contributed by atoms with van der Waals surface area (Å²) in [6.07, 6.45) is 5.50. The van der Waals surface area contributed by atoms with Crippen molar-refractivity contribution in [2.24, 2.45) is 0 Å². The average molecular weight is 421 g/mol. The summed E-state index contributed by atoms with van der Waals surface area (Å²) in [4.78, 5) is 31.6. The molecular weight excluding hydrogens is 396 g/mol. The molecule has 3 heterocycles. The normalized spacial score (nSPS) is 14.0. The summed E-state index contributed by atoms with van der Waals surface area (Å²) in [7, 11) is 1.81. The first kappa shape index (κ1) is 20.1. The van der Waals surface area contributed by atoms with Gasteiger partial charge in [0.25, 0.3) is 0 Å². The summed E-state index contributed by atoms with van der Waals surface area (Å²) >= 11 is 1.73. The van der Waals surface area contributed by atoms with Crippen molar-refractivity contribution < 1.29 is 9.59 Å². The fourth-order valence-corrected chi connectivity index (χ4v) is 4.72. The molecule has 0 aliphatic carbocycles. The third-order valence-electron chi connectivity index (χ3n) is 5.23. The van der Waals surface area contributed by atoms with Crippen molar-refractivity contribution in [3.63, 3.8) is 0 Å². The largest absolute Gasteiger partial charge is 0.369 e. The van der Waals surface area contributed by atoms with Crippen LogP contribution in [-0.4, -0.2) is 35.3 Å². The molecule has 0 fully saturated rings. The average Bonchev–Trinajstić information content (AvgIpc) is 3.05. The van der Waals surface area contributed by atoms with E-state index in [1.54, 1.807) is 34.6 Å². The highest BCUT2D eigenvalue weighted by atomic mass is 32.1. The van der Waals surface area contributed by atoms with Gasteiger partial charge in [0.05, 0.1) is 6.54 Å². The molecular formula is C23H24N4O2S. The minimum atomic E-state index is -0.0648. The van der Waals surface area contributed by atoms with Crippen LogP contribution in [0.2, 0.25) is 0 Å². The number of aryl methyl sites for hydroxylation is 1. The van der Waals surface area contributed by atoms with E-state index in [1.165, 1.54) is 20.5 Å². The van der Waals surface area contributed by atoms with Crippen LogP contribution in [0.25, 0.3) is 16.2 Å². The molecule has 1 aliphatic heterocycles. The number of amides is 2. The number of nitrogens with zero attached hydrogens (tertiary/aromatic N) is 2. The lowest BCUT2D eigenvalue weighted by atomic mass is 10.1. The third-order valence-corrected chi connectivity index (χ3v) is 6.48. The number of thiophene rings is 1. The van der Waals surface area contributed by atoms with Gasteiger partial charge in [0.2, 0.25) is 11.8 Å². The molecule has 2 N–H and O–H groups in total. The number of carbonyl (C=O) groups excluding carboxylic acids is 2. The minimum absolute atomic E-state index is 0.0161. The van der Waals surface area contributed by atoms with Gasteiger partial charge >= 0.3 is 0 Å². The second-order valence-corrected chi connectivity index (χ2v) is 8.54. The third kappa shape index (κ3) is 4.36. The van der Waals surface area contributed by atoms with Gasteiger partial charge in [-0.2, -0.15) is 0 Å². The quantitative estimate of drug-likeness (QED) is 0.631. The van der Waals surface area contributed by atoms with Gasteiger partial charge in [-0.05, 0) is 41.6 Å². The number of nitrogens with one attached hydrogen (secondary N) is 2. The van der Waals surface area contributed by atoms with Crippen LogP contribution in [0.3, 0.4) is 0 Å². The zero-order valence-electron chi connectivity index (χ0n) is 17.1. The number of fused-ring (bicyclic) bond motifs is 2. The number of carbonyl (C=O) groups is 2. The molecule has 7 heteroatoms. The van der Waals surface area contributed by atoms with E-state index in [9.17, 15) is 9.59 Å². The van der Waals surface area contributed by atoms with Gasteiger partial charge in [-0.15, -0.1) is 11.3 Å². The summed E-state index contributed by atoms with van der Waals surface area (Å²) in [6, 6.07) is 10.3. The fraction of sp³-hybridized carbons (Fsp3) is 0.261. The Hall–Kier alpha value is -3.19. The number of anilines is 1. The van der Waals surface area contributed by atoms with Crippen LogP contribution in [0.15, 0.2) is 42.6 Å². The highest BCUT2D eigenvalue weighted by Gasteiger charge is 2.14. The van der Waals surface area contributed by atoms with Crippen LogP contribution in [-0.2, 0) is 22.7 Å². The summed E-state index contributed by atoms with van der Waals surface area (Å²) in [5.74, 6) is 0.725. The molecule has 0 unspecified atom stereocenters. The minimum Gasteiger partial charge on any atom is -0.369 e. The first-order chi connectivity index (χ1) is 14.5. The van der Waals surface area contributed by atoms with Gasteiger partial charge in [0.1, 0.15) is 5.82 Å². The number of likely N-dealkylation sites (N-methyl/N-ethyl adjacent to an activating group) is 1. The van der Waals surface area contributed by atoms with Crippen molar-refractivity contribution >= 4 is 45.1 Å². The van der Waals surface area contributed by atoms with E-state index >= 15 is 0 Å². The van der Waals surface area contributed by atoms with Crippen molar-refractivity contribution in [3.8, 4) is 0 Å². The maximum atomic E-state index is 12.6. The van der Waals surface area contributed by atoms with Crippen LogP contribution in [0.5, 0.6) is 0 Å². The number of benzene rings is 1. The van der Waals surface area contributed by atoms with Gasteiger partial charge in [-0.1, -0.05) is 18.2 Å². The SMILES string of the molecule is Cc1c(CN(C)C(=O)C=Cc2cnc3c(c2)CNC(=O)CCN3)sc2ccccc12. The second kappa shape index (κ2) is 8.67. The first-order valence-corrected chi connectivity index (χ1v) is 10.7. The Morgan fingerprint density at radius 2 is 2.13 bits per heavy atom. The Balaban J connectivity index is 1.45. The lowest BCUT2D eigenvalue weighted by Gasteiger charge is -2.16. The topological polar surface area (TPSA) is 74.3 Å². The molecule has 3 aromatic rings. The molecule has 30 heavy (non-hydrogen) atoms. The van der Waals surface area contributed by atoms with Crippen LogP contribution < -0.4 is 10.6 Å². The van der Waals surface area contributed by atoms with Crippen molar-refractivity contribution in [3.05, 3.63) is 64.2 Å². The van der Waals surface area contributed by atoms with E-state index in [0.717, 1.165) is 16.9 Å². The Morgan fingerprint density at radius 3 is 2.97 bits per heavy atom. The Bertz CT molecular complexity index is 1140. The predicted molar refractivity (Wildman–Crippen MR) is 121 cm³/mol. The molecule has 0 bridgehead atoms.